The molecule has 1 heterocycles. The van der Waals surface area contributed by atoms with Crippen LogP contribution in [-0.4, -0.2) is 23.6 Å². The summed E-state index contributed by atoms with van der Waals surface area (Å²) in [7, 11) is 0. The first-order valence-electron chi connectivity index (χ1n) is 10.0. The molecule has 1 saturated carbocycles. The van der Waals surface area contributed by atoms with E-state index >= 15 is 0 Å². The first-order chi connectivity index (χ1) is 14.3. The summed E-state index contributed by atoms with van der Waals surface area (Å²) >= 11 is 0. The number of nitrogens with zero attached hydrogens (tertiary/aromatic N) is 1. The molecular weight excluding hydrogens is 362 g/mol. The van der Waals surface area contributed by atoms with E-state index in [1.165, 1.54) is 5.56 Å². The topological polar surface area (TPSA) is 38.8 Å². The van der Waals surface area contributed by atoms with Gasteiger partial charge in [-0.15, -0.1) is 0 Å². The zero-order valence-electron chi connectivity index (χ0n) is 16.2. The molecule has 146 valence electrons. The Balaban J connectivity index is 1.36. The number of hydrogen-bond donors (Lipinski definition) is 0. The van der Waals surface area contributed by atoms with E-state index in [0.717, 1.165) is 29.0 Å². The molecule has 0 bridgehead atoms. The highest BCUT2D eigenvalue weighted by Gasteiger charge is 2.44. The number of fused-ring (bicyclic) bond motifs is 1. The molecule has 1 aliphatic heterocycles. The van der Waals surface area contributed by atoms with Crippen molar-refractivity contribution >= 4 is 5.91 Å². The maximum Gasteiger partial charge on any atom is 0.231 e. The Labute approximate surface area is 170 Å². The number of rotatable bonds is 6. The van der Waals surface area contributed by atoms with Crippen molar-refractivity contribution in [2.24, 2.45) is 0 Å². The van der Waals surface area contributed by atoms with Gasteiger partial charge in [0.15, 0.2) is 11.5 Å². The fourth-order valence-corrected chi connectivity index (χ4v) is 4.08. The van der Waals surface area contributed by atoms with Crippen LogP contribution in [0.25, 0.3) is 0 Å². The average molecular weight is 385 g/mol. The third-order valence-corrected chi connectivity index (χ3v) is 5.69. The molecule has 0 unspecified atom stereocenters. The summed E-state index contributed by atoms with van der Waals surface area (Å²) in [4.78, 5) is 15.4. The number of amides is 1. The van der Waals surface area contributed by atoms with E-state index in [0.29, 0.717) is 18.9 Å². The zero-order chi connectivity index (χ0) is 19.6. The van der Waals surface area contributed by atoms with Crippen LogP contribution < -0.4 is 9.47 Å². The molecule has 4 nitrogen and oxygen atoms in total. The lowest BCUT2D eigenvalue weighted by atomic mass is 10.1. The minimum Gasteiger partial charge on any atom is -0.454 e. The highest BCUT2D eigenvalue weighted by molar-refractivity contribution is 5.80. The van der Waals surface area contributed by atoms with Gasteiger partial charge in [0.1, 0.15) is 0 Å². The molecule has 0 N–H and O–H groups in total. The predicted octanol–water partition coefficient (Wildman–Crippen LogP) is 4.54. The fourth-order valence-electron chi connectivity index (χ4n) is 4.08. The smallest absolute Gasteiger partial charge is 0.231 e. The fraction of sp³-hybridized carbons (Fsp3) is 0.240. The Hall–Kier alpha value is -3.27. The molecule has 0 spiro atoms. The highest BCUT2D eigenvalue weighted by Crippen LogP contribution is 2.45. The van der Waals surface area contributed by atoms with Crippen molar-refractivity contribution in [3.05, 3.63) is 95.6 Å². The minimum atomic E-state index is 0.149. The minimum absolute atomic E-state index is 0.149. The molecule has 1 aliphatic carbocycles. The molecule has 5 rings (SSSR count). The predicted molar refractivity (Wildman–Crippen MR) is 111 cm³/mol. The Kier molecular flexibility index (Phi) is 4.68. The molecule has 3 aromatic rings. The van der Waals surface area contributed by atoms with Crippen molar-refractivity contribution in [1.29, 1.82) is 0 Å². The molecule has 1 amide bonds. The summed E-state index contributed by atoms with van der Waals surface area (Å²) < 4.78 is 10.8. The third-order valence-electron chi connectivity index (χ3n) is 5.69. The van der Waals surface area contributed by atoms with Crippen LogP contribution in [0.15, 0.2) is 78.9 Å². The Morgan fingerprint density at radius 3 is 2.38 bits per heavy atom. The van der Waals surface area contributed by atoms with E-state index in [-0.39, 0.29) is 18.7 Å². The molecule has 2 atom stereocenters. The summed E-state index contributed by atoms with van der Waals surface area (Å²) in [5, 5.41) is 0. The van der Waals surface area contributed by atoms with E-state index in [4.69, 9.17) is 9.47 Å². The standard InChI is InChI=1S/C25H23NO3/c27-25(14-19-11-12-23-24(13-19)29-17-28-23)26(16-18-7-3-1-4-8-18)22-15-21(22)20-9-5-2-6-10-20/h1-13,21-22H,14-17H2/t21-,22-/m1/s1. The lowest BCUT2D eigenvalue weighted by molar-refractivity contribution is -0.131. The maximum atomic E-state index is 13.3. The van der Waals surface area contributed by atoms with Crippen LogP contribution in [-0.2, 0) is 17.8 Å². The van der Waals surface area contributed by atoms with Crippen LogP contribution in [0.3, 0.4) is 0 Å². The molecule has 0 saturated heterocycles. The van der Waals surface area contributed by atoms with Gasteiger partial charge < -0.3 is 14.4 Å². The van der Waals surface area contributed by atoms with Gasteiger partial charge >= 0.3 is 0 Å². The van der Waals surface area contributed by atoms with Crippen LogP contribution in [0, 0.1) is 0 Å². The second-order valence-electron chi connectivity index (χ2n) is 7.69. The molecular formula is C25H23NO3. The normalized spacial score (nSPS) is 19.0. The van der Waals surface area contributed by atoms with Crippen molar-refractivity contribution in [2.45, 2.75) is 31.3 Å². The van der Waals surface area contributed by atoms with Gasteiger partial charge in [-0.2, -0.15) is 0 Å². The van der Waals surface area contributed by atoms with Crippen LogP contribution in [0.1, 0.15) is 29.0 Å². The van der Waals surface area contributed by atoms with Gasteiger partial charge in [0.25, 0.3) is 0 Å². The summed E-state index contributed by atoms with van der Waals surface area (Å²) in [6.07, 6.45) is 1.38. The van der Waals surface area contributed by atoms with Gasteiger partial charge in [-0.1, -0.05) is 66.7 Å². The van der Waals surface area contributed by atoms with Gasteiger partial charge in [0.05, 0.1) is 6.42 Å². The van der Waals surface area contributed by atoms with E-state index in [9.17, 15) is 4.79 Å². The summed E-state index contributed by atoms with van der Waals surface area (Å²) in [6, 6.07) is 26.7. The Morgan fingerprint density at radius 1 is 0.862 bits per heavy atom. The zero-order valence-corrected chi connectivity index (χ0v) is 16.2. The second-order valence-corrected chi connectivity index (χ2v) is 7.69. The maximum absolute atomic E-state index is 13.3. The molecule has 1 fully saturated rings. The van der Waals surface area contributed by atoms with Crippen molar-refractivity contribution in [3.63, 3.8) is 0 Å². The van der Waals surface area contributed by atoms with Gasteiger partial charge in [-0.3, -0.25) is 4.79 Å². The van der Waals surface area contributed by atoms with Crippen molar-refractivity contribution in [1.82, 2.24) is 4.90 Å². The number of carbonyl (C=O) groups excluding carboxylic acids is 1. The molecule has 2 aliphatic rings. The first kappa shape index (κ1) is 17.8. The summed E-state index contributed by atoms with van der Waals surface area (Å²) in [6.45, 7) is 0.881. The van der Waals surface area contributed by atoms with Crippen molar-refractivity contribution in [2.75, 3.05) is 6.79 Å². The summed E-state index contributed by atoms with van der Waals surface area (Å²) in [5.41, 5.74) is 3.42. The Morgan fingerprint density at radius 2 is 1.59 bits per heavy atom. The molecule has 3 aromatic carbocycles. The average Bonchev–Trinajstić information content (AvgIpc) is 3.42. The van der Waals surface area contributed by atoms with Crippen LogP contribution in [0.4, 0.5) is 0 Å². The first-order valence-corrected chi connectivity index (χ1v) is 10.0. The molecule has 0 radical (unpaired) electrons. The van der Waals surface area contributed by atoms with Crippen molar-refractivity contribution < 1.29 is 14.3 Å². The van der Waals surface area contributed by atoms with Crippen molar-refractivity contribution in [3.8, 4) is 11.5 Å². The quantitative estimate of drug-likeness (QED) is 0.625. The SMILES string of the molecule is O=C(Cc1ccc2c(c1)OCO2)N(Cc1ccccc1)[C@@H]1C[C@@H]1c1ccccc1. The molecule has 29 heavy (non-hydrogen) atoms. The van der Waals surface area contributed by atoms with Gasteiger partial charge in [-0.05, 0) is 35.2 Å². The lowest BCUT2D eigenvalue weighted by Crippen LogP contribution is -2.34. The monoisotopic (exact) mass is 385 g/mol. The Bertz CT molecular complexity index is 1000. The lowest BCUT2D eigenvalue weighted by Gasteiger charge is -2.24. The van der Waals surface area contributed by atoms with Gasteiger partial charge in [0, 0.05) is 18.5 Å². The van der Waals surface area contributed by atoms with E-state index in [1.807, 2.05) is 42.5 Å². The summed E-state index contributed by atoms with van der Waals surface area (Å²) in [5.74, 6) is 2.03. The van der Waals surface area contributed by atoms with Crippen LogP contribution in [0.5, 0.6) is 11.5 Å². The van der Waals surface area contributed by atoms with E-state index < -0.39 is 0 Å². The number of hydrogen-bond acceptors (Lipinski definition) is 3. The van der Waals surface area contributed by atoms with Gasteiger partial charge in [-0.25, -0.2) is 0 Å². The highest BCUT2D eigenvalue weighted by atomic mass is 16.7. The molecule has 4 heteroatoms. The second kappa shape index (κ2) is 7.63. The van der Waals surface area contributed by atoms with Crippen LogP contribution >= 0.6 is 0 Å². The van der Waals surface area contributed by atoms with E-state index in [1.54, 1.807) is 0 Å². The number of carbonyl (C=O) groups is 1. The molecule has 0 aromatic heterocycles. The van der Waals surface area contributed by atoms with Gasteiger partial charge in [0.2, 0.25) is 12.7 Å². The number of benzene rings is 3. The third kappa shape index (κ3) is 3.83. The van der Waals surface area contributed by atoms with E-state index in [2.05, 4.69) is 41.3 Å². The largest absolute Gasteiger partial charge is 0.454 e. The van der Waals surface area contributed by atoms with Crippen LogP contribution in [0.2, 0.25) is 0 Å². The number of ether oxygens (including phenoxy) is 2.